The molecule has 2 heterocycles. The fourth-order valence-electron chi connectivity index (χ4n) is 4.22. The molecule has 4 heteroatoms. The third-order valence-electron chi connectivity index (χ3n) is 5.68. The number of carbonyl (C=O) groups excluding carboxylic acids is 2. The van der Waals surface area contributed by atoms with Crippen LogP contribution in [0.3, 0.4) is 0 Å². The topological polar surface area (TPSA) is 46.6 Å². The van der Waals surface area contributed by atoms with E-state index in [1.54, 1.807) is 6.92 Å². The second-order valence-corrected chi connectivity index (χ2v) is 7.72. The van der Waals surface area contributed by atoms with Gasteiger partial charge in [-0.05, 0) is 77.7 Å². The second kappa shape index (κ2) is 7.69. The van der Waals surface area contributed by atoms with E-state index in [1.807, 2.05) is 24.3 Å². The Morgan fingerprint density at radius 2 is 2.00 bits per heavy atom. The molecule has 3 rings (SSSR count). The van der Waals surface area contributed by atoms with E-state index >= 15 is 0 Å². The predicted octanol–water partition coefficient (Wildman–Crippen LogP) is 3.88. The van der Waals surface area contributed by atoms with Gasteiger partial charge in [-0.1, -0.05) is 12.1 Å². The maximum Gasteiger partial charge on any atom is 0.173 e. The van der Waals surface area contributed by atoms with Crippen molar-refractivity contribution in [3.8, 4) is 5.75 Å². The Bertz CT molecular complexity index is 636. The van der Waals surface area contributed by atoms with E-state index in [4.69, 9.17) is 4.74 Å². The van der Waals surface area contributed by atoms with Crippen molar-refractivity contribution in [1.82, 2.24) is 4.90 Å². The Balaban J connectivity index is 1.74. The number of para-hydroxylation sites is 1. The predicted molar refractivity (Wildman–Crippen MR) is 98.1 cm³/mol. The second-order valence-electron chi connectivity index (χ2n) is 7.72. The van der Waals surface area contributed by atoms with Gasteiger partial charge < -0.3 is 14.4 Å². The zero-order valence-corrected chi connectivity index (χ0v) is 15.4. The highest BCUT2D eigenvalue weighted by atomic mass is 16.5. The third kappa shape index (κ3) is 4.12. The Morgan fingerprint density at radius 1 is 1.28 bits per heavy atom. The molecule has 0 aliphatic carbocycles. The van der Waals surface area contributed by atoms with Crippen LogP contribution in [-0.2, 0) is 4.79 Å². The van der Waals surface area contributed by atoms with Gasteiger partial charge in [0.1, 0.15) is 17.1 Å². The van der Waals surface area contributed by atoms with Crippen LogP contribution < -0.4 is 4.74 Å². The van der Waals surface area contributed by atoms with Crippen LogP contribution in [0.15, 0.2) is 24.3 Å². The highest BCUT2D eigenvalue weighted by molar-refractivity contribution is 6.02. The molecule has 2 unspecified atom stereocenters. The van der Waals surface area contributed by atoms with Gasteiger partial charge >= 0.3 is 0 Å². The van der Waals surface area contributed by atoms with Gasteiger partial charge in [-0.15, -0.1) is 0 Å². The van der Waals surface area contributed by atoms with Crippen molar-refractivity contribution in [2.24, 2.45) is 5.92 Å². The van der Waals surface area contributed by atoms with Crippen LogP contribution in [0, 0.1) is 5.92 Å². The molecule has 4 nitrogen and oxygen atoms in total. The van der Waals surface area contributed by atoms with E-state index in [1.165, 1.54) is 25.9 Å². The number of fused-ring (bicyclic) bond motifs is 1. The quantitative estimate of drug-likeness (QED) is 0.754. The van der Waals surface area contributed by atoms with Gasteiger partial charge in [-0.3, -0.25) is 4.79 Å². The molecule has 1 saturated heterocycles. The number of benzene rings is 1. The van der Waals surface area contributed by atoms with Crippen molar-refractivity contribution in [1.29, 1.82) is 0 Å². The summed E-state index contributed by atoms with van der Waals surface area (Å²) in [7, 11) is 0. The number of carbonyl (C=O) groups is 2. The van der Waals surface area contributed by atoms with Crippen LogP contribution in [0.2, 0.25) is 0 Å². The lowest BCUT2D eigenvalue weighted by Gasteiger charge is -2.42. The molecular weight excluding hydrogens is 314 g/mol. The van der Waals surface area contributed by atoms with Crippen molar-refractivity contribution in [3.05, 3.63) is 29.8 Å². The molecule has 0 amide bonds. The van der Waals surface area contributed by atoms with Crippen LogP contribution in [0.5, 0.6) is 5.75 Å². The minimum atomic E-state index is -0.527. The number of rotatable bonds is 7. The molecule has 136 valence electrons. The smallest absolute Gasteiger partial charge is 0.173 e. The van der Waals surface area contributed by atoms with Crippen LogP contribution in [0.4, 0.5) is 0 Å². The lowest BCUT2D eigenvalue weighted by atomic mass is 9.75. The summed E-state index contributed by atoms with van der Waals surface area (Å²) in [5.41, 5.74) is 0.133. The highest BCUT2D eigenvalue weighted by Crippen LogP contribution is 2.41. The normalized spacial score (nSPS) is 26.3. The van der Waals surface area contributed by atoms with Gasteiger partial charge in [0.15, 0.2) is 5.78 Å². The van der Waals surface area contributed by atoms with Crippen molar-refractivity contribution in [2.75, 3.05) is 19.6 Å². The number of nitrogens with zero attached hydrogens (tertiary/aromatic N) is 1. The maximum atomic E-state index is 13.1. The first-order chi connectivity index (χ1) is 12.0. The maximum absolute atomic E-state index is 13.1. The van der Waals surface area contributed by atoms with Crippen molar-refractivity contribution >= 4 is 11.6 Å². The standard InChI is InChI=1S/C21H29NO3/c1-16(23)10-11-18-20(24)17-8-3-4-9-19(17)25-21(18,2)12-7-15-22-13-5-6-14-22/h3-4,8-9,18H,5-7,10-15H2,1-2H3. The first kappa shape index (κ1) is 18.1. The Morgan fingerprint density at radius 3 is 2.72 bits per heavy atom. The summed E-state index contributed by atoms with van der Waals surface area (Å²) in [6, 6.07) is 7.50. The van der Waals surface area contributed by atoms with Crippen molar-refractivity contribution in [3.63, 3.8) is 0 Å². The highest BCUT2D eigenvalue weighted by Gasteiger charge is 2.45. The first-order valence-corrected chi connectivity index (χ1v) is 9.54. The molecule has 0 saturated carbocycles. The molecule has 25 heavy (non-hydrogen) atoms. The van der Waals surface area contributed by atoms with E-state index in [0.717, 1.165) is 19.4 Å². The summed E-state index contributed by atoms with van der Waals surface area (Å²) in [5, 5.41) is 0. The van der Waals surface area contributed by atoms with Gasteiger partial charge in [0.05, 0.1) is 11.5 Å². The van der Waals surface area contributed by atoms with Crippen LogP contribution >= 0.6 is 0 Å². The minimum absolute atomic E-state index is 0.131. The minimum Gasteiger partial charge on any atom is -0.486 e. The zero-order valence-electron chi connectivity index (χ0n) is 15.4. The molecule has 1 fully saturated rings. The van der Waals surface area contributed by atoms with Crippen molar-refractivity contribution in [2.45, 2.75) is 58.0 Å². The number of ketones is 2. The van der Waals surface area contributed by atoms with Crippen molar-refractivity contribution < 1.29 is 14.3 Å². The molecule has 0 aromatic heterocycles. The number of hydrogen-bond donors (Lipinski definition) is 0. The number of likely N-dealkylation sites (tertiary alicyclic amines) is 1. The Labute approximate surface area is 150 Å². The zero-order chi connectivity index (χ0) is 17.9. The molecule has 1 aromatic carbocycles. The molecule has 0 N–H and O–H groups in total. The van der Waals surface area contributed by atoms with Gasteiger partial charge in [-0.2, -0.15) is 0 Å². The van der Waals surface area contributed by atoms with E-state index in [0.29, 0.717) is 24.2 Å². The third-order valence-corrected chi connectivity index (χ3v) is 5.68. The fourth-order valence-corrected chi connectivity index (χ4v) is 4.22. The average Bonchev–Trinajstić information content (AvgIpc) is 3.07. The number of Topliss-reactive ketones (excluding diaryl/α,β-unsaturated/α-hetero) is 2. The van der Waals surface area contributed by atoms with Gasteiger partial charge in [0, 0.05) is 6.42 Å². The lowest BCUT2D eigenvalue weighted by molar-refractivity contribution is -0.117. The van der Waals surface area contributed by atoms with Crippen LogP contribution in [-0.4, -0.2) is 41.7 Å². The average molecular weight is 343 g/mol. The van der Waals surface area contributed by atoms with Gasteiger partial charge in [0.2, 0.25) is 0 Å². The molecule has 0 bridgehead atoms. The molecule has 2 aliphatic heterocycles. The van der Waals surface area contributed by atoms with Gasteiger partial charge in [-0.25, -0.2) is 0 Å². The molecular formula is C21H29NO3. The Kier molecular flexibility index (Phi) is 5.57. The van der Waals surface area contributed by atoms with E-state index < -0.39 is 5.60 Å². The summed E-state index contributed by atoms with van der Waals surface area (Å²) < 4.78 is 6.35. The molecule has 1 aromatic rings. The molecule has 0 spiro atoms. The Hall–Kier alpha value is -1.68. The van der Waals surface area contributed by atoms with E-state index in [-0.39, 0.29) is 17.5 Å². The fraction of sp³-hybridized carbons (Fsp3) is 0.619. The largest absolute Gasteiger partial charge is 0.486 e. The van der Waals surface area contributed by atoms with Gasteiger partial charge in [0.25, 0.3) is 0 Å². The summed E-state index contributed by atoms with van der Waals surface area (Å²) >= 11 is 0. The van der Waals surface area contributed by atoms with E-state index in [2.05, 4.69) is 11.8 Å². The monoisotopic (exact) mass is 343 g/mol. The first-order valence-electron chi connectivity index (χ1n) is 9.54. The molecule has 2 aliphatic rings. The lowest BCUT2D eigenvalue weighted by Crippen LogP contribution is -2.48. The van der Waals surface area contributed by atoms with Crippen LogP contribution in [0.1, 0.15) is 62.7 Å². The summed E-state index contributed by atoms with van der Waals surface area (Å²) in [6.45, 7) is 7.08. The summed E-state index contributed by atoms with van der Waals surface area (Å²) in [5.74, 6) is 0.706. The number of hydrogen-bond acceptors (Lipinski definition) is 4. The van der Waals surface area contributed by atoms with Crippen LogP contribution in [0.25, 0.3) is 0 Å². The summed E-state index contributed by atoms with van der Waals surface area (Å²) in [4.78, 5) is 27.0. The molecule has 0 radical (unpaired) electrons. The SMILES string of the molecule is CC(=O)CCC1C(=O)c2ccccc2OC1(C)CCCN1CCCC1. The molecule has 2 atom stereocenters. The number of ether oxygens (including phenoxy) is 1. The summed E-state index contributed by atoms with van der Waals surface area (Å²) in [6.07, 6.45) is 5.45. The van der Waals surface area contributed by atoms with E-state index in [9.17, 15) is 9.59 Å².